The van der Waals surface area contributed by atoms with E-state index in [4.69, 9.17) is 4.74 Å². The average molecular weight is 525 g/mol. The highest BCUT2D eigenvalue weighted by Gasteiger charge is 2.23. The van der Waals surface area contributed by atoms with Crippen molar-refractivity contribution < 1.29 is 19.4 Å². The maximum atomic E-state index is 10.9. The van der Waals surface area contributed by atoms with Crippen LogP contribution in [0.25, 0.3) is 0 Å². The van der Waals surface area contributed by atoms with E-state index in [1.54, 1.807) is 19.1 Å². The first kappa shape index (κ1) is 33.4. The minimum atomic E-state index is -0.123. The van der Waals surface area contributed by atoms with Crippen LogP contribution in [-0.2, 0) is 15.0 Å². The maximum Gasteiger partial charge on any atom is 0.129 e. The Morgan fingerprint density at radius 1 is 0.632 bits per heavy atom. The summed E-state index contributed by atoms with van der Waals surface area (Å²) >= 11 is 0. The van der Waals surface area contributed by atoms with E-state index in [0.717, 1.165) is 31.6 Å². The monoisotopic (exact) mass is 524 g/mol. The first-order chi connectivity index (χ1) is 18.1. The van der Waals surface area contributed by atoms with Crippen molar-refractivity contribution in [2.75, 3.05) is 6.61 Å². The highest BCUT2D eigenvalue weighted by atomic mass is 16.5. The van der Waals surface area contributed by atoms with Crippen molar-refractivity contribution in [1.82, 2.24) is 0 Å². The molecule has 0 atom stereocenters. The average Bonchev–Trinajstić information content (AvgIpc) is 2.86. The molecule has 1 N–H and O–H groups in total. The molecule has 0 heterocycles. The molecule has 0 aliphatic heterocycles. The lowest BCUT2D eigenvalue weighted by Crippen LogP contribution is -2.18. The second kappa shape index (κ2) is 19.4. The SMILES string of the molecule is CC(=O)CCCCCCCCCCCCCCOc1ccc(C(C)(C)c2ccc(O)cc2)cc1.CC(C)=O. The number of carbonyl (C=O) groups excluding carboxylic acids is 2. The van der Waals surface area contributed by atoms with Gasteiger partial charge in [0.25, 0.3) is 0 Å². The van der Waals surface area contributed by atoms with Gasteiger partial charge in [-0.3, -0.25) is 0 Å². The Kier molecular flexibility index (Phi) is 17.1. The predicted octanol–water partition coefficient (Wildman–Crippen LogP) is 9.35. The third-order valence-electron chi connectivity index (χ3n) is 6.86. The number of carbonyl (C=O) groups is 2. The number of aromatic hydroxyl groups is 1. The molecule has 2 aromatic carbocycles. The molecule has 0 aliphatic rings. The van der Waals surface area contributed by atoms with E-state index in [1.807, 2.05) is 12.1 Å². The number of benzene rings is 2. The van der Waals surface area contributed by atoms with Gasteiger partial charge in [-0.2, -0.15) is 0 Å². The van der Waals surface area contributed by atoms with Crippen LogP contribution >= 0.6 is 0 Å². The van der Waals surface area contributed by atoms with E-state index in [2.05, 4.69) is 38.1 Å². The molecule has 4 nitrogen and oxygen atoms in total. The van der Waals surface area contributed by atoms with Gasteiger partial charge in [-0.1, -0.05) is 102 Å². The minimum absolute atomic E-state index is 0.123. The summed E-state index contributed by atoms with van der Waals surface area (Å²) < 4.78 is 5.96. The zero-order valence-electron chi connectivity index (χ0n) is 24.7. The van der Waals surface area contributed by atoms with Gasteiger partial charge in [-0.05, 0) is 69.0 Å². The molecule has 0 aliphatic carbocycles. The first-order valence-corrected chi connectivity index (χ1v) is 14.6. The minimum Gasteiger partial charge on any atom is -0.508 e. The van der Waals surface area contributed by atoms with Crippen molar-refractivity contribution in [2.24, 2.45) is 0 Å². The van der Waals surface area contributed by atoms with Crippen LogP contribution < -0.4 is 4.74 Å². The third-order valence-corrected chi connectivity index (χ3v) is 6.86. The van der Waals surface area contributed by atoms with Gasteiger partial charge in [-0.25, -0.2) is 0 Å². The number of phenolic OH excluding ortho intramolecular Hbond substituents is 1. The normalized spacial score (nSPS) is 11.0. The first-order valence-electron chi connectivity index (χ1n) is 14.6. The number of rotatable bonds is 18. The Morgan fingerprint density at radius 2 is 1.00 bits per heavy atom. The van der Waals surface area contributed by atoms with Crippen molar-refractivity contribution in [3.8, 4) is 11.5 Å². The van der Waals surface area contributed by atoms with Crippen molar-refractivity contribution in [2.45, 2.75) is 124 Å². The van der Waals surface area contributed by atoms with E-state index in [-0.39, 0.29) is 11.2 Å². The molecular formula is C34H52O4. The molecule has 212 valence electrons. The lowest BCUT2D eigenvalue weighted by molar-refractivity contribution is -0.117. The quantitative estimate of drug-likeness (QED) is 0.197. The van der Waals surface area contributed by atoms with Crippen LogP contribution in [0, 0.1) is 0 Å². The highest BCUT2D eigenvalue weighted by molar-refractivity contribution is 5.75. The lowest BCUT2D eigenvalue weighted by Gasteiger charge is -2.26. The number of Topliss-reactive ketones (excluding diaryl/α,β-unsaturated/α-hetero) is 2. The fourth-order valence-electron chi connectivity index (χ4n) is 4.45. The second-order valence-corrected chi connectivity index (χ2v) is 11.1. The van der Waals surface area contributed by atoms with E-state index in [1.165, 1.54) is 89.2 Å². The van der Waals surface area contributed by atoms with Crippen LogP contribution in [0.4, 0.5) is 0 Å². The molecule has 0 bridgehead atoms. The van der Waals surface area contributed by atoms with Crippen LogP contribution in [0.3, 0.4) is 0 Å². The molecule has 2 aromatic rings. The van der Waals surface area contributed by atoms with Crippen molar-refractivity contribution in [1.29, 1.82) is 0 Å². The standard InChI is InChI=1S/C31H46O3.C3H6O/c1-26(32)16-14-12-10-8-6-4-5-7-9-11-13-15-25-34-30-23-19-28(20-24-30)31(2,3)27-17-21-29(33)22-18-27;1-3(2)4/h17-24,33H,4-16,25H2,1-3H3;1-2H3. The van der Waals surface area contributed by atoms with Crippen molar-refractivity contribution in [3.05, 3.63) is 59.7 Å². The van der Waals surface area contributed by atoms with E-state index < -0.39 is 0 Å². The Bertz CT molecular complexity index is 893. The van der Waals surface area contributed by atoms with Gasteiger partial charge in [0.2, 0.25) is 0 Å². The van der Waals surface area contributed by atoms with Crippen LogP contribution in [0.1, 0.15) is 129 Å². The van der Waals surface area contributed by atoms with Crippen LogP contribution in [-0.4, -0.2) is 23.3 Å². The lowest BCUT2D eigenvalue weighted by atomic mass is 9.78. The Morgan fingerprint density at radius 3 is 1.42 bits per heavy atom. The third kappa shape index (κ3) is 15.6. The molecular weight excluding hydrogens is 472 g/mol. The van der Waals surface area contributed by atoms with Gasteiger partial charge in [0, 0.05) is 11.8 Å². The second-order valence-electron chi connectivity index (χ2n) is 11.1. The fraction of sp³-hybridized carbons (Fsp3) is 0.588. The summed E-state index contributed by atoms with van der Waals surface area (Å²) in [6.45, 7) is 9.93. The van der Waals surface area contributed by atoms with Crippen LogP contribution in [0.15, 0.2) is 48.5 Å². The number of phenols is 1. The Labute approximate surface area is 232 Å². The smallest absolute Gasteiger partial charge is 0.129 e. The molecule has 0 saturated heterocycles. The maximum absolute atomic E-state index is 10.9. The molecule has 38 heavy (non-hydrogen) atoms. The van der Waals surface area contributed by atoms with Crippen molar-refractivity contribution >= 4 is 11.6 Å². The summed E-state index contributed by atoms with van der Waals surface area (Å²) in [6, 6.07) is 15.9. The fourth-order valence-corrected chi connectivity index (χ4v) is 4.45. The van der Waals surface area contributed by atoms with Crippen LogP contribution in [0.5, 0.6) is 11.5 Å². The van der Waals surface area contributed by atoms with Gasteiger partial charge in [0.1, 0.15) is 23.1 Å². The topological polar surface area (TPSA) is 63.6 Å². The summed E-state index contributed by atoms with van der Waals surface area (Å²) in [5, 5.41) is 9.54. The van der Waals surface area contributed by atoms with Gasteiger partial charge < -0.3 is 19.4 Å². The molecule has 0 saturated carbocycles. The number of ketones is 2. The summed E-state index contributed by atoms with van der Waals surface area (Å²) in [5.74, 6) is 1.73. The number of unbranched alkanes of at least 4 members (excludes halogenated alkanes) is 11. The van der Waals surface area contributed by atoms with E-state index >= 15 is 0 Å². The zero-order valence-corrected chi connectivity index (χ0v) is 24.7. The molecule has 4 heteroatoms. The van der Waals surface area contributed by atoms with E-state index in [0.29, 0.717) is 11.5 Å². The molecule has 0 unspecified atom stereocenters. The molecule has 0 spiro atoms. The molecule has 0 radical (unpaired) electrons. The van der Waals surface area contributed by atoms with E-state index in [9.17, 15) is 14.7 Å². The highest BCUT2D eigenvalue weighted by Crippen LogP contribution is 2.33. The van der Waals surface area contributed by atoms with Gasteiger partial charge in [0.05, 0.1) is 6.61 Å². The summed E-state index contributed by atoms with van der Waals surface area (Å²) in [4.78, 5) is 20.3. The van der Waals surface area contributed by atoms with Gasteiger partial charge >= 0.3 is 0 Å². The molecule has 0 fully saturated rings. The molecule has 0 amide bonds. The zero-order chi connectivity index (χ0) is 28.2. The number of ether oxygens (including phenoxy) is 1. The summed E-state index contributed by atoms with van der Waals surface area (Å²) in [5.41, 5.74) is 2.29. The summed E-state index contributed by atoms with van der Waals surface area (Å²) in [7, 11) is 0. The van der Waals surface area contributed by atoms with Crippen molar-refractivity contribution in [3.63, 3.8) is 0 Å². The van der Waals surface area contributed by atoms with Gasteiger partial charge in [-0.15, -0.1) is 0 Å². The van der Waals surface area contributed by atoms with Crippen LogP contribution in [0.2, 0.25) is 0 Å². The predicted molar refractivity (Wildman–Crippen MR) is 159 cm³/mol. The van der Waals surface area contributed by atoms with Gasteiger partial charge in [0.15, 0.2) is 0 Å². The number of hydrogen-bond acceptors (Lipinski definition) is 4. The number of hydrogen-bond donors (Lipinski definition) is 1. The summed E-state index contributed by atoms with van der Waals surface area (Å²) in [6.07, 6.45) is 16.0. The molecule has 2 rings (SSSR count). The Hall–Kier alpha value is -2.62. The molecule has 0 aromatic heterocycles. The largest absolute Gasteiger partial charge is 0.508 e. The Balaban J connectivity index is 0.00000168.